The number of aliphatic hydroxyl groups is 1. The Morgan fingerprint density at radius 3 is 2.16 bits per heavy atom. The largest absolute Gasteiger partial charge is 0.573 e. The molecule has 1 heterocycles. The molecular weight excluding hydrogens is 523 g/mol. The number of nitrogens with one attached hydrogen (secondary N) is 1. The second kappa shape index (κ2) is 10.2. The van der Waals surface area contributed by atoms with Gasteiger partial charge in [0, 0.05) is 22.9 Å². The van der Waals surface area contributed by atoms with Crippen molar-refractivity contribution >= 4 is 33.1 Å². The van der Waals surface area contributed by atoms with Crippen molar-refractivity contribution in [1.29, 1.82) is 0 Å². The summed E-state index contributed by atoms with van der Waals surface area (Å²) in [6.45, 7) is 0. The normalized spacial score (nSPS) is 22.9. The molecule has 196 valence electrons. The average Bonchev–Trinajstić information content (AvgIpc) is 2.88. The van der Waals surface area contributed by atoms with Crippen LogP contribution in [0.4, 0.5) is 24.5 Å². The molecule has 1 fully saturated rings. The molecule has 0 bridgehead atoms. The van der Waals surface area contributed by atoms with Crippen molar-refractivity contribution in [2.45, 2.75) is 58.5 Å². The standard InChI is InChI=1S/C26H26F3N3O3S2/c1-30-37(34,18-15-13-17(14-16-18)35-26(27,28)29)31-19-7-6-10-22(25(19)33)32-20-8-2-4-11-23(20)36-24-12-5-3-9-21(24)32/h2-5,8-9,11-16,19,22,25,33H,6-7,10H2,1H3,(H,30,31,34). The van der Waals surface area contributed by atoms with Gasteiger partial charge in [-0.1, -0.05) is 36.0 Å². The molecule has 1 saturated carbocycles. The van der Waals surface area contributed by atoms with Crippen molar-refractivity contribution in [1.82, 2.24) is 4.72 Å². The lowest BCUT2D eigenvalue weighted by molar-refractivity contribution is -0.274. The van der Waals surface area contributed by atoms with Gasteiger partial charge in [-0.05, 0) is 67.8 Å². The van der Waals surface area contributed by atoms with E-state index in [1.54, 1.807) is 11.8 Å². The summed E-state index contributed by atoms with van der Waals surface area (Å²) in [7, 11) is -1.83. The van der Waals surface area contributed by atoms with Gasteiger partial charge in [-0.2, -0.15) is 0 Å². The smallest absolute Gasteiger partial charge is 0.406 e. The van der Waals surface area contributed by atoms with Crippen molar-refractivity contribution < 1.29 is 27.2 Å². The number of benzene rings is 3. The third kappa shape index (κ3) is 5.31. The van der Waals surface area contributed by atoms with Gasteiger partial charge in [-0.15, -0.1) is 13.2 Å². The molecule has 0 radical (unpaired) electrons. The van der Waals surface area contributed by atoms with E-state index >= 15 is 0 Å². The molecule has 4 atom stereocenters. The summed E-state index contributed by atoms with van der Waals surface area (Å²) in [4.78, 5) is 4.58. The second-order valence-electron chi connectivity index (χ2n) is 8.85. The molecule has 3 aromatic rings. The molecule has 0 aromatic heterocycles. The number of halogens is 3. The van der Waals surface area contributed by atoms with Crippen LogP contribution in [0.15, 0.2) is 91.8 Å². The Morgan fingerprint density at radius 2 is 1.59 bits per heavy atom. The Morgan fingerprint density at radius 1 is 1.00 bits per heavy atom. The quantitative estimate of drug-likeness (QED) is 0.401. The lowest BCUT2D eigenvalue weighted by atomic mass is 9.87. The van der Waals surface area contributed by atoms with Crippen LogP contribution in [0.3, 0.4) is 0 Å². The number of para-hydroxylation sites is 2. The summed E-state index contributed by atoms with van der Waals surface area (Å²) in [5, 5.41) is 11.6. The van der Waals surface area contributed by atoms with Crippen LogP contribution in [0.5, 0.6) is 5.75 Å². The highest BCUT2D eigenvalue weighted by Crippen LogP contribution is 2.50. The average molecular weight is 550 g/mol. The van der Waals surface area contributed by atoms with Gasteiger partial charge in [0.25, 0.3) is 0 Å². The minimum Gasteiger partial charge on any atom is -0.406 e. The number of ether oxygens (including phenoxy) is 1. The molecule has 0 saturated heterocycles. The Labute approximate surface area is 218 Å². The van der Waals surface area contributed by atoms with Gasteiger partial charge in [0.1, 0.15) is 15.7 Å². The van der Waals surface area contributed by atoms with Crippen LogP contribution in [0, 0.1) is 0 Å². The highest BCUT2D eigenvalue weighted by atomic mass is 32.2. The maximum absolute atomic E-state index is 13.8. The third-order valence-corrected chi connectivity index (χ3v) is 9.75. The van der Waals surface area contributed by atoms with E-state index in [0.717, 1.165) is 46.1 Å². The van der Waals surface area contributed by atoms with Crippen LogP contribution < -0.4 is 14.4 Å². The molecule has 1 aliphatic carbocycles. The zero-order valence-corrected chi connectivity index (χ0v) is 21.5. The first-order valence-electron chi connectivity index (χ1n) is 11.8. The molecule has 5 rings (SSSR count). The molecule has 1 aliphatic heterocycles. The third-order valence-electron chi connectivity index (χ3n) is 6.57. The Bertz CT molecular complexity index is 1350. The first-order chi connectivity index (χ1) is 17.7. The Balaban J connectivity index is 1.42. The summed E-state index contributed by atoms with van der Waals surface area (Å²) >= 11 is 1.69. The lowest BCUT2D eigenvalue weighted by Crippen LogP contribution is -2.56. The van der Waals surface area contributed by atoms with Gasteiger partial charge in [0.05, 0.1) is 28.4 Å². The number of aliphatic hydroxyl groups excluding tert-OH is 1. The molecule has 2 N–H and O–H groups in total. The number of nitrogens with zero attached hydrogens (tertiary/aromatic N) is 2. The number of hydrogen-bond donors (Lipinski definition) is 2. The van der Waals surface area contributed by atoms with Gasteiger partial charge in [-0.3, -0.25) is 0 Å². The van der Waals surface area contributed by atoms with Crippen LogP contribution in [0.2, 0.25) is 0 Å². The molecule has 0 amide bonds. The summed E-state index contributed by atoms with van der Waals surface area (Å²) in [5.41, 5.74) is 2.02. The van der Waals surface area contributed by atoms with E-state index in [-0.39, 0.29) is 10.9 Å². The van der Waals surface area contributed by atoms with Crippen LogP contribution in [0.25, 0.3) is 0 Å². The molecular formula is C26H26F3N3O3S2. The van der Waals surface area contributed by atoms with E-state index in [9.17, 15) is 22.5 Å². The monoisotopic (exact) mass is 549 g/mol. The van der Waals surface area contributed by atoms with Crippen LogP contribution in [-0.4, -0.2) is 40.9 Å². The van der Waals surface area contributed by atoms with Crippen LogP contribution >= 0.6 is 11.8 Å². The van der Waals surface area contributed by atoms with Crippen LogP contribution in [-0.2, 0) is 9.92 Å². The highest BCUT2D eigenvalue weighted by Gasteiger charge is 2.40. The summed E-state index contributed by atoms with van der Waals surface area (Å²) < 4.78 is 62.4. The minimum absolute atomic E-state index is 0.212. The van der Waals surface area contributed by atoms with Crippen LogP contribution in [0.1, 0.15) is 19.3 Å². The number of fused-ring (bicyclic) bond motifs is 2. The molecule has 6 nitrogen and oxygen atoms in total. The van der Waals surface area contributed by atoms with E-state index in [2.05, 4.69) is 30.9 Å². The molecule has 0 spiro atoms. The number of hydrogen-bond acceptors (Lipinski definition) is 6. The fraction of sp³-hybridized carbons (Fsp3) is 0.308. The Hall–Kier alpha value is -2.73. The summed E-state index contributed by atoms with van der Waals surface area (Å²) in [6.07, 6.45) is -3.60. The molecule has 3 aromatic carbocycles. The minimum atomic E-state index is -4.82. The first kappa shape index (κ1) is 25.9. The molecule has 37 heavy (non-hydrogen) atoms. The fourth-order valence-electron chi connectivity index (χ4n) is 4.91. The zero-order chi connectivity index (χ0) is 26.2. The zero-order valence-electron chi connectivity index (χ0n) is 19.9. The molecule has 4 unspecified atom stereocenters. The topological polar surface area (TPSA) is 74.2 Å². The van der Waals surface area contributed by atoms with E-state index in [0.29, 0.717) is 6.42 Å². The van der Waals surface area contributed by atoms with Gasteiger partial charge >= 0.3 is 6.36 Å². The van der Waals surface area contributed by atoms with Crippen molar-refractivity contribution in [3.05, 3.63) is 72.8 Å². The van der Waals surface area contributed by atoms with E-state index in [1.807, 2.05) is 36.4 Å². The Kier molecular flexibility index (Phi) is 7.14. The van der Waals surface area contributed by atoms with E-state index in [1.165, 1.54) is 19.2 Å². The maximum atomic E-state index is 13.8. The first-order valence-corrected chi connectivity index (χ1v) is 14.1. The molecule has 11 heteroatoms. The number of alkyl halides is 3. The second-order valence-corrected chi connectivity index (χ2v) is 12.1. The maximum Gasteiger partial charge on any atom is 0.573 e. The SMILES string of the molecule is CN=S(=O)(NC1CCCC(N2c3ccccc3Sc3ccccc32)C1O)c1ccc(OC(F)(F)F)cc1. The number of anilines is 2. The van der Waals surface area contributed by atoms with Gasteiger partial charge in [-0.25, -0.2) is 13.3 Å². The van der Waals surface area contributed by atoms with Gasteiger partial charge in [0.15, 0.2) is 0 Å². The summed E-state index contributed by atoms with van der Waals surface area (Å²) in [6, 6.07) is 20.1. The van der Waals surface area contributed by atoms with Crippen molar-refractivity contribution in [3.8, 4) is 5.75 Å². The highest BCUT2D eigenvalue weighted by molar-refractivity contribution is 7.99. The van der Waals surface area contributed by atoms with E-state index < -0.39 is 34.2 Å². The molecule has 2 aliphatic rings. The van der Waals surface area contributed by atoms with Crippen molar-refractivity contribution in [3.63, 3.8) is 0 Å². The van der Waals surface area contributed by atoms with Gasteiger partial charge < -0.3 is 14.7 Å². The van der Waals surface area contributed by atoms with Crippen molar-refractivity contribution in [2.75, 3.05) is 11.9 Å². The van der Waals surface area contributed by atoms with E-state index in [4.69, 9.17) is 0 Å². The number of rotatable bonds is 5. The fourth-order valence-corrected chi connectivity index (χ4v) is 7.61. The summed E-state index contributed by atoms with van der Waals surface area (Å²) in [5.74, 6) is -0.410. The van der Waals surface area contributed by atoms with Gasteiger partial charge in [0.2, 0.25) is 0 Å². The predicted molar refractivity (Wildman–Crippen MR) is 138 cm³/mol. The lowest BCUT2D eigenvalue weighted by Gasteiger charge is -2.45. The predicted octanol–water partition coefficient (Wildman–Crippen LogP) is 6.13. The van der Waals surface area contributed by atoms with Crippen molar-refractivity contribution in [2.24, 2.45) is 4.36 Å².